The molecule has 2 heterocycles. The van der Waals surface area contributed by atoms with Gasteiger partial charge in [0, 0.05) is 24.5 Å². The summed E-state index contributed by atoms with van der Waals surface area (Å²) in [6.07, 6.45) is 0. The van der Waals surface area contributed by atoms with Gasteiger partial charge >= 0.3 is 6.03 Å². The average Bonchev–Trinajstić information content (AvgIpc) is 3.56. The number of urea groups is 1. The number of anilines is 2. The van der Waals surface area contributed by atoms with E-state index >= 15 is 0 Å². The Bertz CT molecular complexity index is 1040. The van der Waals surface area contributed by atoms with Crippen LogP contribution in [0.2, 0.25) is 0 Å². The monoisotopic (exact) mass is 460 g/mol. The van der Waals surface area contributed by atoms with Gasteiger partial charge in [0.15, 0.2) is 0 Å². The van der Waals surface area contributed by atoms with Crippen molar-refractivity contribution in [1.29, 1.82) is 0 Å². The number of nitrogens with zero attached hydrogens (tertiary/aromatic N) is 4. The van der Waals surface area contributed by atoms with E-state index in [0.717, 1.165) is 48.7 Å². The van der Waals surface area contributed by atoms with E-state index in [1.54, 1.807) is 0 Å². The number of hydrogen-bond donors (Lipinski definition) is 6. The van der Waals surface area contributed by atoms with Gasteiger partial charge in [-0.05, 0) is 49.2 Å². The summed E-state index contributed by atoms with van der Waals surface area (Å²) < 4.78 is 0. The highest BCUT2D eigenvalue weighted by atomic mass is 16.2. The van der Waals surface area contributed by atoms with Crippen molar-refractivity contribution in [2.24, 2.45) is 20.2 Å². The Morgan fingerprint density at radius 1 is 0.735 bits per heavy atom. The minimum atomic E-state index is -0.324. The SMILES string of the molecule is C/C(=N/NC1=NCCN1)c1ccc(NC(=O)Nc2ccc(/C(C)=N/NC3=NCCN3)cc2)cc1. The molecule has 0 saturated carbocycles. The van der Waals surface area contributed by atoms with Gasteiger partial charge in [0.05, 0.1) is 24.5 Å². The lowest BCUT2D eigenvalue weighted by Crippen LogP contribution is -2.30. The molecule has 0 aliphatic carbocycles. The molecule has 0 bridgehead atoms. The zero-order valence-electron chi connectivity index (χ0n) is 19.1. The lowest BCUT2D eigenvalue weighted by molar-refractivity contribution is 0.262. The molecular formula is C23H28N10O. The van der Waals surface area contributed by atoms with E-state index < -0.39 is 0 Å². The first-order valence-electron chi connectivity index (χ1n) is 11.0. The highest BCUT2D eigenvalue weighted by Crippen LogP contribution is 2.13. The van der Waals surface area contributed by atoms with Crippen molar-refractivity contribution in [3.63, 3.8) is 0 Å². The van der Waals surface area contributed by atoms with Gasteiger partial charge in [-0.2, -0.15) is 10.2 Å². The number of carbonyl (C=O) groups is 1. The second-order valence-electron chi connectivity index (χ2n) is 7.67. The lowest BCUT2D eigenvalue weighted by Gasteiger charge is -2.10. The molecule has 0 fully saturated rings. The molecule has 2 amide bonds. The summed E-state index contributed by atoms with van der Waals surface area (Å²) in [5, 5.41) is 20.5. The number of aliphatic imine (C=N–C) groups is 2. The molecule has 0 aromatic heterocycles. The van der Waals surface area contributed by atoms with Gasteiger partial charge in [0.25, 0.3) is 0 Å². The molecule has 11 nitrogen and oxygen atoms in total. The topological polar surface area (TPSA) is 139 Å². The molecule has 2 aromatic rings. The number of rotatable bonds is 6. The van der Waals surface area contributed by atoms with E-state index in [1.807, 2.05) is 62.4 Å². The molecule has 0 radical (unpaired) electrons. The maximum Gasteiger partial charge on any atom is 0.323 e. The van der Waals surface area contributed by atoms with Crippen molar-refractivity contribution in [2.75, 3.05) is 36.8 Å². The predicted molar refractivity (Wildman–Crippen MR) is 137 cm³/mol. The van der Waals surface area contributed by atoms with Crippen molar-refractivity contribution >= 4 is 40.7 Å². The average molecular weight is 461 g/mol. The zero-order valence-corrected chi connectivity index (χ0v) is 19.1. The van der Waals surface area contributed by atoms with E-state index in [2.05, 4.69) is 52.3 Å². The molecule has 6 N–H and O–H groups in total. The Hall–Kier alpha value is -4.41. The van der Waals surface area contributed by atoms with Crippen LogP contribution in [0.25, 0.3) is 0 Å². The molecular weight excluding hydrogens is 432 g/mol. The lowest BCUT2D eigenvalue weighted by atomic mass is 10.1. The predicted octanol–water partition coefficient (Wildman–Crippen LogP) is 1.88. The molecule has 11 heteroatoms. The minimum absolute atomic E-state index is 0.324. The van der Waals surface area contributed by atoms with Crippen LogP contribution in [-0.2, 0) is 0 Å². The van der Waals surface area contributed by atoms with Crippen molar-refractivity contribution in [1.82, 2.24) is 21.5 Å². The first-order chi connectivity index (χ1) is 16.6. The quantitative estimate of drug-likeness (QED) is 0.289. The second-order valence-corrected chi connectivity index (χ2v) is 7.67. The van der Waals surface area contributed by atoms with Gasteiger partial charge in [0.1, 0.15) is 0 Å². The largest absolute Gasteiger partial charge is 0.353 e. The Balaban J connectivity index is 1.27. The summed E-state index contributed by atoms with van der Waals surface area (Å²) >= 11 is 0. The highest BCUT2D eigenvalue weighted by Gasteiger charge is 2.07. The van der Waals surface area contributed by atoms with Gasteiger partial charge in [-0.3, -0.25) is 0 Å². The van der Waals surface area contributed by atoms with Gasteiger partial charge < -0.3 is 21.3 Å². The zero-order chi connectivity index (χ0) is 23.8. The Kier molecular flexibility index (Phi) is 7.33. The number of carbonyl (C=O) groups excluding carboxylic acids is 1. The minimum Gasteiger partial charge on any atom is -0.353 e. The molecule has 2 aliphatic rings. The number of hydrazone groups is 2. The van der Waals surface area contributed by atoms with Crippen LogP contribution in [-0.4, -0.2) is 55.6 Å². The highest BCUT2D eigenvalue weighted by molar-refractivity contribution is 6.03. The summed E-state index contributed by atoms with van der Waals surface area (Å²) in [6, 6.07) is 14.6. The fraction of sp³-hybridized carbons (Fsp3) is 0.261. The molecule has 0 saturated heterocycles. The van der Waals surface area contributed by atoms with Gasteiger partial charge in [0.2, 0.25) is 11.9 Å². The first kappa shape index (κ1) is 22.8. The molecule has 34 heavy (non-hydrogen) atoms. The normalized spacial score (nSPS) is 15.6. The Morgan fingerprint density at radius 3 is 1.50 bits per heavy atom. The van der Waals surface area contributed by atoms with Crippen LogP contribution >= 0.6 is 0 Å². The van der Waals surface area contributed by atoms with E-state index in [0.29, 0.717) is 23.3 Å². The van der Waals surface area contributed by atoms with Gasteiger partial charge in [-0.1, -0.05) is 24.3 Å². The molecule has 2 aliphatic heterocycles. The summed E-state index contributed by atoms with van der Waals surface area (Å²) in [6.45, 7) is 6.96. The smallest absolute Gasteiger partial charge is 0.323 e. The molecule has 0 spiro atoms. The van der Waals surface area contributed by atoms with Crippen molar-refractivity contribution < 1.29 is 4.79 Å². The number of nitrogens with one attached hydrogen (secondary N) is 6. The van der Waals surface area contributed by atoms with Crippen LogP contribution < -0.4 is 32.1 Å². The van der Waals surface area contributed by atoms with Crippen LogP contribution in [0.5, 0.6) is 0 Å². The fourth-order valence-electron chi connectivity index (χ4n) is 3.23. The maximum atomic E-state index is 12.4. The maximum absolute atomic E-state index is 12.4. The number of amides is 2. The second kappa shape index (κ2) is 10.9. The molecule has 2 aromatic carbocycles. The Labute approximate surface area is 197 Å². The third kappa shape index (κ3) is 6.31. The van der Waals surface area contributed by atoms with Crippen LogP contribution in [0.1, 0.15) is 25.0 Å². The molecule has 0 unspecified atom stereocenters. The van der Waals surface area contributed by atoms with Crippen molar-refractivity contribution in [2.45, 2.75) is 13.8 Å². The van der Waals surface area contributed by atoms with Crippen LogP contribution in [0.15, 0.2) is 68.7 Å². The van der Waals surface area contributed by atoms with Crippen molar-refractivity contribution in [3.05, 3.63) is 59.7 Å². The van der Waals surface area contributed by atoms with E-state index in [9.17, 15) is 4.79 Å². The first-order valence-corrected chi connectivity index (χ1v) is 11.0. The standard InChI is InChI=1S/C23H28N10O/c1-15(30-32-21-24-11-12-25-21)17-3-7-19(8-4-17)28-23(34)29-20-9-5-18(6-10-20)16(2)31-33-22-26-13-14-27-22/h3-10H,11-14H2,1-2H3,(H2,24,25,32)(H2,26,27,33)(H2,28,29,34)/b30-15-,31-16+. The van der Waals surface area contributed by atoms with E-state index in [-0.39, 0.29) is 6.03 Å². The summed E-state index contributed by atoms with van der Waals surface area (Å²) in [4.78, 5) is 20.9. The van der Waals surface area contributed by atoms with Crippen LogP contribution in [0.3, 0.4) is 0 Å². The van der Waals surface area contributed by atoms with Crippen molar-refractivity contribution in [3.8, 4) is 0 Å². The van der Waals surface area contributed by atoms with Crippen LogP contribution in [0.4, 0.5) is 16.2 Å². The van der Waals surface area contributed by atoms with Gasteiger partial charge in [-0.15, -0.1) is 0 Å². The van der Waals surface area contributed by atoms with E-state index in [1.165, 1.54) is 0 Å². The molecule has 0 atom stereocenters. The molecule has 176 valence electrons. The van der Waals surface area contributed by atoms with Gasteiger partial charge in [-0.25, -0.2) is 25.6 Å². The summed E-state index contributed by atoms with van der Waals surface area (Å²) in [5.41, 5.74) is 10.7. The summed E-state index contributed by atoms with van der Waals surface area (Å²) in [7, 11) is 0. The summed E-state index contributed by atoms with van der Waals surface area (Å²) in [5.74, 6) is 1.36. The number of guanidine groups is 2. The third-order valence-corrected chi connectivity index (χ3v) is 5.13. The third-order valence-electron chi connectivity index (χ3n) is 5.13. The van der Waals surface area contributed by atoms with Crippen LogP contribution in [0, 0.1) is 0 Å². The molecule has 4 rings (SSSR count). The number of hydrogen-bond acceptors (Lipinski definition) is 9. The fourth-order valence-corrected chi connectivity index (χ4v) is 3.23. The van der Waals surface area contributed by atoms with E-state index in [4.69, 9.17) is 0 Å². The number of benzene rings is 2. The Morgan fingerprint density at radius 2 is 1.15 bits per heavy atom.